The lowest BCUT2D eigenvalue weighted by Gasteiger charge is -2.01. The van der Waals surface area contributed by atoms with E-state index in [9.17, 15) is 9.18 Å². The first-order valence-corrected chi connectivity index (χ1v) is 4.03. The van der Waals surface area contributed by atoms with Gasteiger partial charge in [0.15, 0.2) is 0 Å². The molecule has 1 aromatic rings. The van der Waals surface area contributed by atoms with Crippen molar-refractivity contribution in [3.05, 3.63) is 41.2 Å². The Balaban J connectivity index is 3.10. The molecule has 0 radical (unpaired) electrons. The minimum absolute atomic E-state index is 0.240. The number of hydrogen-bond acceptors (Lipinski definition) is 1. The number of rotatable bonds is 2. The molecule has 0 spiro atoms. The predicted octanol–water partition coefficient (Wildman–Crippen LogP) is 2.74. The minimum Gasteiger partial charge on any atom is -0.299 e. The number of hydrogen-bond donors (Lipinski definition) is 0. The monoisotopic (exact) mass is 178 g/mol. The van der Waals surface area contributed by atoms with E-state index in [0.717, 1.165) is 11.1 Å². The predicted molar refractivity (Wildman–Crippen MR) is 50.9 cm³/mol. The van der Waals surface area contributed by atoms with Gasteiger partial charge in [0.25, 0.3) is 0 Å². The van der Waals surface area contributed by atoms with E-state index < -0.39 is 0 Å². The Morgan fingerprint density at radius 3 is 2.69 bits per heavy atom. The van der Waals surface area contributed by atoms with E-state index in [4.69, 9.17) is 0 Å². The summed E-state index contributed by atoms with van der Waals surface area (Å²) in [7, 11) is 0. The smallest absolute Gasteiger partial charge is 0.143 e. The lowest BCUT2D eigenvalue weighted by molar-refractivity contribution is -0.104. The van der Waals surface area contributed by atoms with Gasteiger partial charge in [-0.3, -0.25) is 4.79 Å². The van der Waals surface area contributed by atoms with Crippen LogP contribution in [-0.2, 0) is 4.79 Å². The lowest BCUT2D eigenvalue weighted by atomic mass is 10.1. The van der Waals surface area contributed by atoms with Crippen LogP contribution in [0, 0.1) is 12.7 Å². The van der Waals surface area contributed by atoms with E-state index in [2.05, 4.69) is 0 Å². The van der Waals surface area contributed by atoms with Crippen molar-refractivity contribution in [3.63, 3.8) is 0 Å². The SMILES string of the molecule is C/C(=C\C=O)c1ccc(C)c(F)c1. The third-order valence-corrected chi connectivity index (χ3v) is 1.95. The second-order valence-corrected chi connectivity index (χ2v) is 2.95. The van der Waals surface area contributed by atoms with E-state index in [1.54, 1.807) is 26.0 Å². The van der Waals surface area contributed by atoms with Gasteiger partial charge >= 0.3 is 0 Å². The van der Waals surface area contributed by atoms with Gasteiger partial charge in [-0.1, -0.05) is 12.1 Å². The summed E-state index contributed by atoms with van der Waals surface area (Å²) in [5, 5.41) is 0. The highest BCUT2D eigenvalue weighted by Gasteiger charge is 2.00. The number of carbonyl (C=O) groups excluding carboxylic acids is 1. The average molecular weight is 178 g/mol. The molecule has 1 aromatic carbocycles. The van der Waals surface area contributed by atoms with Crippen LogP contribution in [0.3, 0.4) is 0 Å². The summed E-state index contributed by atoms with van der Waals surface area (Å²) in [5.74, 6) is -0.240. The van der Waals surface area contributed by atoms with Crippen LogP contribution in [0.4, 0.5) is 4.39 Å². The Morgan fingerprint density at radius 2 is 2.15 bits per heavy atom. The molecule has 0 N–H and O–H groups in total. The molecule has 0 amide bonds. The molecule has 0 aliphatic carbocycles. The Kier molecular flexibility index (Phi) is 2.96. The van der Waals surface area contributed by atoms with Crippen LogP contribution >= 0.6 is 0 Å². The molecule has 0 atom stereocenters. The zero-order chi connectivity index (χ0) is 9.84. The molecule has 68 valence electrons. The fraction of sp³-hybridized carbons (Fsp3) is 0.182. The molecule has 0 aromatic heterocycles. The quantitative estimate of drug-likeness (QED) is 0.502. The van der Waals surface area contributed by atoms with Gasteiger partial charge in [0, 0.05) is 0 Å². The summed E-state index contributed by atoms with van der Waals surface area (Å²) in [5.41, 5.74) is 2.13. The summed E-state index contributed by atoms with van der Waals surface area (Å²) in [6.45, 7) is 3.48. The standard InChI is InChI=1S/C11H11FO/c1-8(5-6-13)10-4-3-9(2)11(12)7-10/h3-7H,1-2H3/b8-5+. The van der Waals surface area contributed by atoms with Crippen LogP contribution in [0.15, 0.2) is 24.3 Å². The highest BCUT2D eigenvalue weighted by Crippen LogP contribution is 2.16. The van der Waals surface area contributed by atoms with Crippen molar-refractivity contribution in [2.24, 2.45) is 0 Å². The van der Waals surface area contributed by atoms with Gasteiger partial charge in [0.05, 0.1) is 0 Å². The summed E-state index contributed by atoms with van der Waals surface area (Å²) < 4.78 is 13.1. The fourth-order valence-electron chi connectivity index (χ4n) is 1.04. The van der Waals surface area contributed by atoms with Crippen LogP contribution in [0.5, 0.6) is 0 Å². The number of carbonyl (C=O) groups is 1. The highest BCUT2D eigenvalue weighted by atomic mass is 19.1. The first-order valence-electron chi connectivity index (χ1n) is 4.03. The molecule has 1 nitrogen and oxygen atoms in total. The average Bonchev–Trinajstić information content (AvgIpc) is 2.10. The van der Waals surface area contributed by atoms with Crippen LogP contribution < -0.4 is 0 Å². The molecule has 0 saturated heterocycles. The molecule has 0 unspecified atom stereocenters. The van der Waals surface area contributed by atoms with Crippen LogP contribution in [-0.4, -0.2) is 6.29 Å². The second-order valence-electron chi connectivity index (χ2n) is 2.95. The summed E-state index contributed by atoms with van der Waals surface area (Å²) in [4.78, 5) is 10.2. The van der Waals surface area contributed by atoms with Crippen molar-refractivity contribution in [2.45, 2.75) is 13.8 Å². The minimum atomic E-state index is -0.240. The van der Waals surface area contributed by atoms with Crippen molar-refractivity contribution >= 4 is 11.9 Å². The molecule has 0 aliphatic rings. The Labute approximate surface area is 76.9 Å². The summed E-state index contributed by atoms with van der Waals surface area (Å²) >= 11 is 0. The zero-order valence-corrected chi connectivity index (χ0v) is 7.67. The maximum atomic E-state index is 13.1. The number of halogens is 1. The normalized spacial score (nSPS) is 11.5. The van der Waals surface area contributed by atoms with Crippen molar-refractivity contribution in [1.82, 2.24) is 0 Å². The molecular formula is C11H11FO. The van der Waals surface area contributed by atoms with Crippen molar-refractivity contribution in [2.75, 3.05) is 0 Å². The van der Waals surface area contributed by atoms with Gasteiger partial charge in [-0.2, -0.15) is 0 Å². The molecule has 1 rings (SSSR count). The van der Waals surface area contributed by atoms with E-state index in [-0.39, 0.29) is 5.82 Å². The first kappa shape index (κ1) is 9.65. The van der Waals surface area contributed by atoms with E-state index in [0.29, 0.717) is 11.8 Å². The molecule has 0 heterocycles. The van der Waals surface area contributed by atoms with E-state index in [1.807, 2.05) is 0 Å². The third kappa shape index (κ3) is 2.25. The highest BCUT2D eigenvalue weighted by molar-refractivity contribution is 5.80. The topological polar surface area (TPSA) is 17.1 Å². The van der Waals surface area contributed by atoms with E-state index >= 15 is 0 Å². The number of aldehydes is 1. The maximum absolute atomic E-state index is 13.1. The molecular weight excluding hydrogens is 167 g/mol. The number of allylic oxidation sites excluding steroid dienone is 2. The van der Waals surface area contributed by atoms with Crippen molar-refractivity contribution in [3.8, 4) is 0 Å². The van der Waals surface area contributed by atoms with Crippen molar-refractivity contribution in [1.29, 1.82) is 0 Å². The lowest BCUT2D eigenvalue weighted by Crippen LogP contribution is -1.86. The van der Waals surface area contributed by atoms with Gasteiger partial charge in [-0.25, -0.2) is 4.39 Å². The van der Waals surface area contributed by atoms with Gasteiger partial charge in [0.1, 0.15) is 12.1 Å². The largest absolute Gasteiger partial charge is 0.299 e. The molecule has 13 heavy (non-hydrogen) atoms. The molecule has 0 saturated carbocycles. The van der Waals surface area contributed by atoms with Gasteiger partial charge < -0.3 is 0 Å². The van der Waals surface area contributed by atoms with Gasteiger partial charge in [-0.05, 0) is 42.7 Å². The van der Waals surface area contributed by atoms with Crippen LogP contribution in [0.1, 0.15) is 18.1 Å². The molecule has 0 fully saturated rings. The summed E-state index contributed by atoms with van der Waals surface area (Å²) in [6, 6.07) is 4.94. The van der Waals surface area contributed by atoms with Gasteiger partial charge in [-0.15, -0.1) is 0 Å². The Bertz CT molecular complexity index is 353. The fourth-order valence-corrected chi connectivity index (χ4v) is 1.04. The maximum Gasteiger partial charge on any atom is 0.143 e. The third-order valence-electron chi connectivity index (χ3n) is 1.95. The number of aryl methyl sites for hydroxylation is 1. The van der Waals surface area contributed by atoms with E-state index in [1.165, 1.54) is 12.1 Å². The van der Waals surface area contributed by atoms with Crippen LogP contribution in [0.2, 0.25) is 0 Å². The molecule has 0 aliphatic heterocycles. The van der Waals surface area contributed by atoms with Crippen LogP contribution in [0.25, 0.3) is 5.57 Å². The number of benzene rings is 1. The zero-order valence-electron chi connectivity index (χ0n) is 7.67. The Hall–Kier alpha value is -1.44. The summed E-state index contributed by atoms with van der Waals surface area (Å²) in [6.07, 6.45) is 2.12. The van der Waals surface area contributed by atoms with Gasteiger partial charge in [0.2, 0.25) is 0 Å². The first-order chi connectivity index (χ1) is 6.15. The molecule has 2 heteroatoms. The molecule has 0 bridgehead atoms. The van der Waals surface area contributed by atoms with Crippen molar-refractivity contribution < 1.29 is 9.18 Å². The second kappa shape index (κ2) is 3.99. The Morgan fingerprint density at radius 1 is 1.46 bits per heavy atom.